The average Bonchev–Trinajstić information content (AvgIpc) is 2.73. The molecule has 0 radical (unpaired) electrons. The van der Waals surface area contributed by atoms with Gasteiger partial charge in [0.05, 0.1) is 15.7 Å². The smallest absolute Gasteiger partial charge is 0.198 e. The van der Waals surface area contributed by atoms with Crippen molar-refractivity contribution in [2.75, 3.05) is 11.6 Å². The number of ether oxygens (including phenoxy) is 1. The molecule has 1 fully saturated rings. The number of fused-ring (bicyclic) bond motifs is 1. The highest BCUT2D eigenvalue weighted by molar-refractivity contribution is 9.10. The van der Waals surface area contributed by atoms with Crippen LogP contribution in [0.3, 0.4) is 0 Å². The predicted octanol–water partition coefficient (Wildman–Crippen LogP) is 3.41. The molecule has 18 heavy (non-hydrogen) atoms. The van der Waals surface area contributed by atoms with E-state index in [2.05, 4.69) is 21.4 Å². The maximum Gasteiger partial charge on any atom is 0.198 e. The number of hydrogen-bond donors (Lipinski definition) is 1. The zero-order chi connectivity index (χ0) is 12.7. The molecule has 1 N–H and O–H groups in total. The van der Waals surface area contributed by atoms with Crippen molar-refractivity contribution in [1.82, 2.24) is 5.43 Å². The normalized spacial score (nSPS) is 27.4. The molecule has 0 amide bonds. The van der Waals surface area contributed by atoms with Crippen LogP contribution in [0.15, 0.2) is 16.6 Å². The molecule has 2 aliphatic rings. The van der Waals surface area contributed by atoms with Gasteiger partial charge in [0.2, 0.25) is 0 Å². The lowest BCUT2D eigenvalue weighted by atomic mass is 10.1. The molecule has 2 atom stereocenters. The number of benzene rings is 1. The van der Waals surface area contributed by atoms with Crippen molar-refractivity contribution in [2.24, 2.45) is 0 Å². The van der Waals surface area contributed by atoms with Gasteiger partial charge in [-0.2, -0.15) is 5.43 Å². The van der Waals surface area contributed by atoms with E-state index in [0.717, 1.165) is 19.3 Å². The van der Waals surface area contributed by atoms with Crippen LogP contribution in [0.25, 0.3) is 0 Å². The molecule has 2 heterocycles. The summed E-state index contributed by atoms with van der Waals surface area (Å²) in [7, 11) is 0. The summed E-state index contributed by atoms with van der Waals surface area (Å²) in [5.41, 5.74) is 3.22. The number of rotatable bonds is 1. The van der Waals surface area contributed by atoms with Crippen molar-refractivity contribution < 1.29 is 13.5 Å². The lowest BCUT2D eigenvalue weighted by molar-refractivity contribution is 0.00517. The molecule has 98 valence electrons. The van der Waals surface area contributed by atoms with Gasteiger partial charge in [0.1, 0.15) is 12.0 Å². The minimum Gasteiger partial charge on any atom is -0.357 e. The molecule has 1 aromatic rings. The number of halogens is 3. The molecule has 1 saturated heterocycles. The Kier molecular flexibility index (Phi) is 3.25. The summed E-state index contributed by atoms with van der Waals surface area (Å²) in [5.74, 6) is -0.550. The Balaban J connectivity index is 1.96. The molecule has 3 rings (SSSR count). The fraction of sp³-hybridized carbons (Fsp3) is 0.500. The van der Waals surface area contributed by atoms with Gasteiger partial charge in [-0.05, 0) is 47.3 Å². The first-order valence-corrected chi connectivity index (χ1v) is 6.77. The van der Waals surface area contributed by atoms with E-state index in [0.29, 0.717) is 12.3 Å². The monoisotopic (exact) mass is 318 g/mol. The second-order valence-corrected chi connectivity index (χ2v) is 5.33. The van der Waals surface area contributed by atoms with Gasteiger partial charge in [0.15, 0.2) is 6.30 Å². The van der Waals surface area contributed by atoms with Gasteiger partial charge in [-0.1, -0.05) is 0 Å². The van der Waals surface area contributed by atoms with Crippen LogP contribution in [-0.2, 0) is 4.74 Å². The van der Waals surface area contributed by atoms with Gasteiger partial charge in [-0.15, -0.1) is 0 Å². The number of alkyl halides is 1. The topological polar surface area (TPSA) is 24.5 Å². The number of hydrogen-bond acceptors (Lipinski definition) is 3. The van der Waals surface area contributed by atoms with Gasteiger partial charge < -0.3 is 4.74 Å². The largest absolute Gasteiger partial charge is 0.357 e. The number of nitrogens with one attached hydrogen (secondary N) is 1. The summed E-state index contributed by atoms with van der Waals surface area (Å²) in [6.45, 7) is 0.661. The Bertz CT molecular complexity index is 466. The van der Waals surface area contributed by atoms with Gasteiger partial charge in [0, 0.05) is 6.61 Å². The van der Waals surface area contributed by atoms with E-state index in [1.165, 1.54) is 0 Å². The average molecular weight is 319 g/mol. The van der Waals surface area contributed by atoms with E-state index in [1.807, 2.05) is 0 Å². The Morgan fingerprint density at radius 2 is 2.22 bits per heavy atom. The van der Waals surface area contributed by atoms with E-state index in [4.69, 9.17) is 4.74 Å². The standard InChI is InChI=1S/C12H13BrF2N2O/c13-7-4-5-8-10(11(7)14)12(15)16-17(8)9-3-1-2-6-18-9/h4-5,9,12,16H,1-3,6H2. The SMILES string of the molecule is Fc1c(Br)ccc2c1C(F)NN2C1CCCCO1. The second-order valence-electron chi connectivity index (χ2n) is 4.48. The molecule has 2 unspecified atom stereocenters. The van der Waals surface area contributed by atoms with Crippen LogP contribution >= 0.6 is 15.9 Å². The van der Waals surface area contributed by atoms with E-state index < -0.39 is 12.1 Å². The third kappa shape index (κ3) is 1.92. The Morgan fingerprint density at radius 1 is 1.39 bits per heavy atom. The van der Waals surface area contributed by atoms with E-state index in [-0.39, 0.29) is 16.3 Å². The van der Waals surface area contributed by atoms with Gasteiger partial charge >= 0.3 is 0 Å². The fourth-order valence-corrected chi connectivity index (χ4v) is 2.77. The molecule has 3 nitrogen and oxygen atoms in total. The second kappa shape index (κ2) is 4.75. The summed E-state index contributed by atoms with van der Waals surface area (Å²) < 4.78 is 33.7. The lowest BCUT2D eigenvalue weighted by Crippen LogP contribution is -2.45. The van der Waals surface area contributed by atoms with Crippen molar-refractivity contribution >= 4 is 21.6 Å². The van der Waals surface area contributed by atoms with Crippen LogP contribution in [0, 0.1) is 5.82 Å². The number of nitrogens with zero attached hydrogens (tertiary/aromatic N) is 1. The first-order valence-electron chi connectivity index (χ1n) is 5.97. The van der Waals surface area contributed by atoms with Crippen molar-refractivity contribution in [3.8, 4) is 0 Å². The molecular formula is C12H13BrF2N2O. The number of hydrazine groups is 1. The molecular weight excluding hydrogens is 306 g/mol. The van der Waals surface area contributed by atoms with Crippen LogP contribution in [0.4, 0.5) is 14.5 Å². The Labute approximate surface area is 112 Å². The highest BCUT2D eigenvalue weighted by Crippen LogP contribution is 2.40. The molecule has 0 aliphatic carbocycles. The molecule has 0 bridgehead atoms. The summed E-state index contributed by atoms with van der Waals surface area (Å²) in [5, 5.41) is 1.61. The minimum atomic E-state index is -1.52. The van der Waals surface area contributed by atoms with Crippen molar-refractivity contribution in [3.63, 3.8) is 0 Å². The van der Waals surface area contributed by atoms with E-state index in [1.54, 1.807) is 17.1 Å². The van der Waals surface area contributed by atoms with Crippen LogP contribution in [0.2, 0.25) is 0 Å². The zero-order valence-electron chi connectivity index (χ0n) is 9.63. The summed E-state index contributed by atoms with van der Waals surface area (Å²) in [4.78, 5) is 0. The molecule has 6 heteroatoms. The zero-order valence-corrected chi connectivity index (χ0v) is 11.2. The first-order chi connectivity index (χ1) is 8.68. The van der Waals surface area contributed by atoms with Crippen LogP contribution in [0.5, 0.6) is 0 Å². The molecule has 0 saturated carbocycles. The lowest BCUT2D eigenvalue weighted by Gasteiger charge is -2.32. The third-order valence-electron chi connectivity index (χ3n) is 3.32. The Hall–Kier alpha value is -0.720. The Morgan fingerprint density at radius 3 is 2.94 bits per heavy atom. The van der Waals surface area contributed by atoms with Crippen molar-refractivity contribution in [2.45, 2.75) is 31.8 Å². The molecule has 0 spiro atoms. The van der Waals surface area contributed by atoms with Gasteiger partial charge in [-0.25, -0.2) is 8.78 Å². The van der Waals surface area contributed by atoms with Gasteiger partial charge in [0.25, 0.3) is 0 Å². The summed E-state index contributed by atoms with van der Waals surface area (Å²) in [6.07, 6.45) is 1.12. The number of anilines is 1. The maximum atomic E-state index is 13.9. The fourth-order valence-electron chi connectivity index (χ4n) is 2.43. The maximum absolute atomic E-state index is 13.9. The van der Waals surface area contributed by atoms with Crippen LogP contribution in [-0.4, -0.2) is 12.8 Å². The molecule has 2 aliphatic heterocycles. The summed E-state index contributed by atoms with van der Waals surface area (Å²) >= 11 is 3.07. The quantitative estimate of drug-likeness (QED) is 0.803. The highest BCUT2D eigenvalue weighted by Gasteiger charge is 2.36. The van der Waals surface area contributed by atoms with E-state index >= 15 is 0 Å². The van der Waals surface area contributed by atoms with Crippen LogP contribution < -0.4 is 10.4 Å². The van der Waals surface area contributed by atoms with E-state index in [9.17, 15) is 8.78 Å². The van der Waals surface area contributed by atoms with Gasteiger partial charge in [-0.3, -0.25) is 5.01 Å². The third-order valence-corrected chi connectivity index (χ3v) is 3.93. The summed E-state index contributed by atoms with van der Waals surface area (Å²) in [6, 6.07) is 3.29. The van der Waals surface area contributed by atoms with Crippen molar-refractivity contribution in [3.05, 3.63) is 28.0 Å². The molecule has 0 aromatic heterocycles. The van der Waals surface area contributed by atoms with Crippen LogP contribution in [0.1, 0.15) is 31.1 Å². The minimum absolute atomic E-state index is 0.0542. The van der Waals surface area contributed by atoms with Crippen molar-refractivity contribution in [1.29, 1.82) is 0 Å². The highest BCUT2D eigenvalue weighted by atomic mass is 79.9. The molecule has 1 aromatic carbocycles. The predicted molar refractivity (Wildman–Crippen MR) is 67.2 cm³/mol. The first kappa shape index (κ1) is 12.3.